The van der Waals surface area contributed by atoms with Gasteiger partial charge in [0.25, 0.3) is 5.91 Å². The van der Waals surface area contributed by atoms with Crippen molar-refractivity contribution in [2.75, 3.05) is 18.4 Å². The molecule has 0 bridgehead atoms. The van der Waals surface area contributed by atoms with Crippen LogP contribution in [0.25, 0.3) is 10.8 Å². The highest BCUT2D eigenvalue weighted by Crippen LogP contribution is 2.59. The number of carbonyl (C=O) groups excluding carboxylic acids is 4. The molecule has 0 radical (unpaired) electrons. The summed E-state index contributed by atoms with van der Waals surface area (Å²) in [5, 5.41) is 16.3. The monoisotopic (exact) mass is 705 g/mol. The van der Waals surface area contributed by atoms with E-state index >= 15 is 0 Å². The van der Waals surface area contributed by atoms with Gasteiger partial charge in [0.05, 0.1) is 12.0 Å². The summed E-state index contributed by atoms with van der Waals surface area (Å²) in [5.41, 5.74) is -5.22. The van der Waals surface area contributed by atoms with Crippen LogP contribution in [-0.4, -0.2) is 74.4 Å². The minimum Gasteiger partial charge on any atom is -0.340 e. The molecule has 0 aromatic heterocycles. The molecule has 4 aliphatic rings. The molecular weight excluding hydrogens is 671 g/mol. The van der Waals surface area contributed by atoms with Crippen molar-refractivity contribution in [3.63, 3.8) is 0 Å². The molecule has 4 heterocycles. The summed E-state index contributed by atoms with van der Waals surface area (Å²) >= 11 is 0. The highest BCUT2D eigenvalue weighted by atomic mass is 31.2. The second-order valence-corrected chi connectivity index (χ2v) is 15.2. The first-order chi connectivity index (χ1) is 23.8. The number of alkyl halides is 2. The van der Waals surface area contributed by atoms with E-state index in [9.17, 15) is 37.8 Å². The number of benzene rings is 3. The van der Waals surface area contributed by atoms with Gasteiger partial charge in [0.15, 0.2) is 0 Å². The quantitative estimate of drug-likeness (QED) is 0.288. The Morgan fingerprint density at radius 3 is 2.50 bits per heavy atom. The number of likely N-dealkylation sites (tertiary alicyclic amines) is 1. The highest BCUT2D eigenvalue weighted by Gasteiger charge is 2.60. The van der Waals surface area contributed by atoms with Gasteiger partial charge in [0.1, 0.15) is 17.5 Å². The van der Waals surface area contributed by atoms with Crippen LogP contribution in [-0.2, 0) is 30.0 Å². The summed E-state index contributed by atoms with van der Waals surface area (Å²) in [6.07, 6.45) is 3.37. The Labute approximate surface area is 285 Å². The van der Waals surface area contributed by atoms with Gasteiger partial charge >= 0.3 is 13.3 Å². The molecule has 4 N–H and O–H groups in total. The maximum atomic E-state index is 14.4. The molecule has 4 amide bonds. The number of nitrogens with one attached hydrogen (secondary N) is 2. The van der Waals surface area contributed by atoms with E-state index in [0.717, 1.165) is 18.6 Å². The average Bonchev–Trinajstić information content (AvgIpc) is 3.77. The Hall–Kier alpha value is -4.70. The number of carbonyl (C=O) groups is 4. The van der Waals surface area contributed by atoms with Crippen molar-refractivity contribution in [3.05, 3.63) is 77.4 Å². The number of nitriles is 1. The number of fused-ring (bicyclic) bond motifs is 4. The van der Waals surface area contributed by atoms with Crippen molar-refractivity contribution >= 4 is 47.7 Å². The molecule has 260 valence electrons. The Morgan fingerprint density at radius 2 is 1.74 bits per heavy atom. The molecule has 7 rings (SSSR count). The standard InChI is InChI=1S/C35H34F2N5O7P/c36-35(37,50(47,48)49)23-12-11-20-9-10-21(15-22(20)16-23)30(43)39-28-8-3-1-5-25-13-14-29(42(25)31(28)44)32(45)41-18-24(17-38)34(19-41)26-6-2-4-7-27(26)40-33(34)46/h2,4,6-7,9-12,15-16,24-25,28-29H,1,3,5,8,13-14,18-19H2,(H,39,43)(H,40,46)(H2,47,48,49)/t24-,25-,28-,29-,34-/m0/s1. The van der Waals surface area contributed by atoms with Crippen LogP contribution in [0, 0.1) is 17.2 Å². The minimum absolute atomic E-state index is 0.0000383. The first-order valence-electron chi connectivity index (χ1n) is 16.5. The maximum absolute atomic E-state index is 14.4. The SMILES string of the molecule is N#C[C@H]1CN(C(=O)[C@@H]2CC[C@@H]3CCCC[C@H](NC(=O)c4ccc5ccc(C(F)(F)P(=O)(O)O)cc5c4)C(=O)N32)C[C@]12C(=O)Nc1ccccc12. The molecule has 3 aromatic rings. The number of para-hydroxylation sites is 1. The smallest absolute Gasteiger partial charge is 0.340 e. The van der Waals surface area contributed by atoms with Gasteiger partial charge in [-0.2, -0.15) is 14.0 Å². The zero-order valence-corrected chi connectivity index (χ0v) is 27.6. The Morgan fingerprint density at radius 1 is 1.00 bits per heavy atom. The molecule has 0 saturated carbocycles. The van der Waals surface area contributed by atoms with E-state index < -0.39 is 54.1 Å². The van der Waals surface area contributed by atoms with E-state index in [2.05, 4.69) is 16.7 Å². The summed E-state index contributed by atoms with van der Waals surface area (Å²) < 4.78 is 40.3. The summed E-state index contributed by atoms with van der Waals surface area (Å²) in [5.74, 6) is -2.55. The molecule has 3 fully saturated rings. The number of amides is 4. The largest absolute Gasteiger partial charge is 0.399 e. The topological polar surface area (TPSA) is 180 Å². The molecule has 15 heteroatoms. The highest BCUT2D eigenvalue weighted by molar-refractivity contribution is 7.52. The van der Waals surface area contributed by atoms with Crippen LogP contribution < -0.4 is 10.6 Å². The van der Waals surface area contributed by atoms with Crippen molar-refractivity contribution in [1.29, 1.82) is 5.26 Å². The number of anilines is 1. The minimum atomic E-state index is -5.81. The maximum Gasteiger partial charge on any atom is 0.399 e. The van der Waals surface area contributed by atoms with E-state index in [-0.39, 0.29) is 41.9 Å². The van der Waals surface area contributed by atoms with E-state index in [0.29, 0.717) is 48.7 Å². The lowest BCUT2D eigenvalue weighted by atomic mass is 9.74. The Bertz CT molecular complexity index is 2030. The van der Waals surface area contributed by atoms with Crippen LogP contribution in [0.2, 0.25) is 0 Å². The lowest BCUT2D eigenvalue weighted by molar-refractivity contribution is -0.146. The van der Waals surface area contributed by atoms with Gasteiger partial charge in [-0.25, -0.2) is 0 Å². The van der Waals surface area contributed by atoms with E-state index in [1.165, 1.54) is 29.2 Å². The second-order valence-electron chi connectivity index (χ2n) is 13.5. The zero-order valence-electron chi connectivity index (χ0n) is 26.7. The van der Waals surface area contributed by atoms with Crippen molar-refractivity contribution in [2.45, 2.75) is 67.7 Å². The third-order valence-corrected chi connectivity index (χ3v) is 11.7. The molecule has 12 nitrogen and oxygen atoms in total. The van der Waals surface area contributed by atoms with Crippen LogP contribution in [0.1, 0.15) is 60.0 Å². The third-order valence-electron chi connectivity index (χ3n) is 10.7. The fraction of sp³-hybridized carbons (Fsp3) is 0.400. The third kappa shape index (κ3) is 5.35. The predicted octanol–water partition coefficient (Wildman–Crippen LogP) is 3.97. The van der Waals surface area contributed by atoms with Crippen molar-refractivity contribution in [3.8, 4) is 6.07 Å². The second kappa shape index (κ2) is 12.3. The van der Waals surface area contributed by atoms with Gasteiger partial charge in [0, 0.05) is 35.9 Å². The van der Waals surface area contributed by atoms with Crippen molar-refractivity contribution in [1.82, 2.24) is 15.1 Å². The molecule has 3 aromatic carbocycles. The van der Waals surface area contributed by atoms with Crippen molar-refractivity contribution < 1.29 is 42.3 Å². The summed E-state index contributed by atoms with van der Waals surface area (Å²) in [6, 6.07) is 14.7. The fourth-order valence-electron chi connectivity index (χ4n) is 8.11. The summed E-state index contributed by atoms with van der Waals surface area (Å²) in [6.45, 7) is 0.0320. The summed E-state index contributed by atoms with van der Waals surface area (Å²) in [7, 11) is -5.81. The fourth-order valence-corrected chi connectivity index (χ4v) is 8.59. The average molecular weight is 706 g/mol. The molecule has 5 atom stereocenters. The number of hydrogen-bond donors (Lipinski definition) is 4. The van der Waals surface area contributed by atoms with Crippen LogP contribution in [0.15, 0.2) is 60.7 Å². The lowest BCUT2D eigenvalue weighted by Crippen LogP contribution is -2.57. The molecule has 3 saturated heterocycles. The van der Waals surface area contributed by atoms with E-state index in [1.807, 2.05) is 0 Å². The number of hydrogen-bond acceptors (Lipinski definition) is 6. The van der Waals surface area contributed by atoms with Gasteiger partial charge in [0.2, 0.25) is 17.7 Å². The molecular formula is C35H34F2N5O7P. The van der Waals surface area contributed by atoms with Crippen molar-refractivity contribution in [2.24, 2.45) is 5.92 Å². The Balaban J connectivity index is 1.12. The zero-order chi connectivity index (χ0) is 35.6. The van der Waals surface area contributed by atoms with Crippen LogP contribution in [0.4, 0.5) is 14.5 Å². The van der Waals surface area contributed by atoms with E-state index in [4.69, 9.17) is 9.79 Å². The lowest BCUT2D eigenvalue weighted by Gasteiger charge is -2.36. The molecule has 0 unspecified atom stereocenters. The van der Waals surface area contributed by atoms with E-state index in [1.54, 1.807) is 29.2 Å². The molecule has 4 aliphatic heterocycles. The summed E-state index contributed by atoms with van der Waals surface area (Å²) in [4.78, 5) is 76.7. The van der Waals surface area contributed by atoms with Gasteiger partial charge < -0.3 is 30.2 Å². The molecule has 50 heavy (non-hydrogen) atoms. The normalized spacial score (nSPS) is 26.6. The van der Waals surface area contributed by atoms with Crippen LogP contribution >= 0.6 is 7.60 Å². The first kappa shape index (κ1) is 33.8. The Kier molecular flexibility index (Phi) is 8.28. The van der Waals surface area contributed by atoms with Gasteiger partial charge in [-0.3, -0.25) is 23.7 Å². The van der Waals surface area contributed by atoms with Crippen LogP contribution in [0.5, 0.6) is 0 Å². The van der Waals surface area contributed by atoms with Gasteiger partial charge in [-0.1, -0.05) is 49.2 Å². The number of nitrogens with zero attached hydrogens (tertiary/aromatic N) is 3. The predicted molar refractivity (Wildman–Crippen MR) is 176 cm³/mol. The van der Waals surface area contributed by atoms with Gasteiger partial charge in [-0.05, 0) is 66.3 Å². The number of rotatable bonds is 5. The first-order valence-corrected chi connectivity index (χ1v) is 18.1. The molecule has 0 aliphatic carbocycles. The van der Waals surface area contributed by atoms with Crippen LogP contribution in [0.3, 0.4) is 0 Å². The van der Waals surface area contributed by atoms with Gasteiger partial charge in [-0.15, -0.1) is 0 Å². The number of halogens is 2. The molecule has 1 spiro atoms.